The number of aromatic nitrogens is 1. The number of allylic oxidation sites excluding steroid dienone is 8. The molecule has 1 aromatic heterocycles. The van der Waals surface area contributed by atoms with Crippen LogP contribution in [-0.4, -0.2) is 10.8 Å². The Hall–Kier alpha value is -2.61. The summed E-state index contributed by atoms with van der Waals surface area (Å²) in [6.07, 6.45) is 17.0. The van der Waals surface area contributed by atoms with Gasteiger partial charge in [-0.3, -0.25) is 4.99 Å². The van der Waals surface area contributed by atoms with E-state index in [1.54, 1.807) is 24.4 Å². The normalized spacial score (nSPS) is 12.6. The Labute approximate surface area is 133 Å². The van der Waals surface area contributed by atoms with Gasteiger partial charge in [0.15, 0.2) is 0 Å². The van der Waals surface area contributed by atoms with Crippen LogP contribution in [0.3, 0.4) is 0 Å². The Morgan fingerprint density at radius 2 is 1.77 bits per heavy atom. The van der Waals surface area contributed by atoms with Crippen molar-refractivity contribution < 1.29 is 0 Å². The molecule has 0 unspecified atom stereocenters. The average Bonchev–Trinajstić information content (AvgIpc) is 2.73. The van der Waals surface area contributed by atoms with Gasteiger partial charge in [-0.1, -0.05) is 56.2 Å². The van der Waals surface area contributed by atoms with E-state index in [1.807, 2.05) is 31.2 Å². The second kappa shape index (κ2) is 8.63. The number of aliphatic imine (C=N–C) groups is 1. The molecule has 0 radical (unpaired) electrons. The summed E-state index contributed by atoms with van der Waals surface area (Å²) in [6.45, 7) is 17.4. The molecule has 1 rings (SSSR count). The molecule has 2 heteroatoms. The molecule has 0 saturated carbocycles. The SMILES string of the molecule is C=CC=Nc1c(/C=C\C=C)c(C)n(C(/C=C\C)=C/C=C)c1C. The van der Waals surface area contributed by atoms with Gasteiger partial charge < -0.3 is 4.57 Å². The third kappa shape index (κ3) is 3.73. The van der Waals surface area contributed by atoms with Gasteiger partial charge in [0.1, 0.15) is 0 Å². The fraction of sp³-hybridized carbons (Fsp3) is 0.150. The number of rotatable bonds is 7. The van der Waals surface area contributed by atoms with E-state index in [-0.39, 0.29) is 0 Å². The fourth-order valence-electron chi connectivity index (χ4n) is 2.38. The highest BCUT2D eigenvalue weighted by Gasteiger charge is 2.16. The molecule has 114 valence electrons. The lowest BCUT2D eigenvalue weighted by Crippen LogP contribution is -1.99. The van der Waals surface area contributed by atoms with E-state index in [9.17, 15) is 0 Å². The van der Waals surface area contributed by atoms with Crippen LogP contribution >= 0.6 is 0 Å². The van der Waals surface area contributed by atoms with Gasteiger partial charge in [0.25, 0.3) is 0 Å². The molecule has 1 heterocycles. The van der Waals surface area contributed by atoms with E-state index in [1.165, 1.54) is 0 Å². The predicted octanol–water partition coefficient (Wildman–Crippen LogP) is 5.80. The van der Waals surface area contributed by atoms with E-state index >= 15 is 0 Å². The molecule has 0 saturated heterocycles. The Morgan fingerprint density at radius 1 is 1.05 bits per heavy atom. The maximum atomic E-state index is 4.53. The van der Waals surface area contributed by atoms with Crippen LogP contribution in [0.25, 0.3) is 11.8 Å². The molecule has 0 fully saturated rings. The highest BCUT2D eigenvalue weighted by atomic mass is 15.0. The summed E-state index contributed by atoms with van der Waals surface area (Å²) in [7, 11) is 0. The van der Waals surface area contributed by atoms with Crippen molar-refractivity contribution in [3.63, 3.8) is 0 Å². The van der Waals surface area contributed by atoms with Gasteiger partial charge in [-0.2, -0.15) is 0 Å². The molecule has 0 aliphatic heterocycles. The van der Waals surface area contributed by atoms with E-state index in [4.69, 9.17) is 0 Å². The molecular weight excluding hydrogens is 268 g/mol. The Bertz CT molecular complexity index is 636. The summed E-state index contributed by atoms with van der Waals surface area (Å²) in [6, 6.07) is 0. The van der Waals surface area contributed by atoms with Crippen LogP contribution in [0, 0.1) is 13.8 Å². The number of nitrogens with zero attached hydrogens (tertiary/aromatic N) is 2. The molecule has 0 bridgehead atoms. The van der Waals surface area contributed by atoms with Crippen molar-refractivity contribution in [2.45, 2.75) is 20.8 Å². The number of hydrogen-bond acceptors (Lipinski definition) is 1. The van der Waals surface area contributed by atoms with E-state index in [0.717, 1.165) is 28.3 Å². The first-order valence-corrected chi connectivity index (χ1v) is 7.24. The summed E-state index contributed by atoms with van der Waals surface area (Å²) < 4.78 is 2.18. The molecule has 0 atom stereocenters. The molecule has 2 nitrogen and oxygen atoms in total. The van der Waals surface area contributed by atoms with Gasteiger partial charge in [-0.05, 0) is 32.9 Å². The summed E-state index contributed by atoms with van der Waals surface area (Å²) in [4.78, 5) is 4.53. The summed E-state index contributed by atoms with van der Waals surface area (Å²) in [5.74, 6) is 0. The molecule has 0 aromatic carbocycles. The average molecular weight is 292 g/mol. The Balaban J connectivity index is 3.69. The van der Waals surface area contributed by atoms with E-state index in [2.05, 4.69) is 49.2 Å². The predicted molar refractivity (Wildman–Crippen MR) is 101 cm³/mol. The highest BCUT2D eigenvalue weighted by Crippen LogP contribution is 2.34. The van der Waals surface area contributed by atoms with Crippen molar-refractivity contribution in [2.75, 3.05) is 0 Å². The molecule has 0 aliphatic rings. The smallest absolute Gasteiger partial charge is 0.0914 e. The largest absolute Gasteiger partial charge is 0.316 e. The third-order valence-electron chi connectivity index (χ3n) is 3.25. The lowest BCUT2D eigenvalue weighted by molar-refractivity contribution is 0.997. The van der Waals surface area contributed by atoms with Crippen molar-refractivity contribution in [2.24, 2.45) is 4.99 Å². The van der Waals surface area contributed by atoms with Gasteiger partial charge in [0, 0.05) is 28.9 Å². The van der Waals surface area contributed by atoms with Crippen LogP contribution in [-0.2, 0) is 0 Å². The van der Waals surface area contributed by atoms with Crippen LogP contribution in [0.4, 0.5) is 5.69 Å². The Kier molecular flexibility index (Phi) is 6.84. The van der Waals surface area contributed by atoms with Gasteiger partial charge in [-0.15, -0.1) is 0 Å². The summed E-state index contributed by atoms with van der Waals surface area (Å²) in [5.41, 5.74) is 5.27. The van der Waals surface area contributed by atoms with Gasteiger partial charge in [-0.25, -0.2) is 0 Å². The molecule has 0 spiro atoms. The highest BCUT2D eigenvalue weighted by molar-refractivity contribution is 5.81. The minimum absolute atomic E-state index is 0.940. The monoisotopic (exact) mass is 292 g/mol. The summed E-state index contributed by atoms with van der Waals surface area (Å²) >= 11 is 0. The molecule has 0 N–H and O–H groups in total. The lowest BCUT2D eigenvalue weighted by Gasteiger charge is -2.10. The molecule has 1 aromatic rings. The van der Waals surface area contributed by atoms with E-state index < -0.39 is 0 Å². The minimum atomic E-state index is 0.940. The van der Waals surface area contributed by atoms with Crippen molar-refractivity contribution in [1.82, 2.24) is 4.57 Å². The summed E-state index contributed by atoms with van der Waals surface area (Å²) in [5, 5.41) is 0. The first-order chi connectivity index (χ1) is 10.6. The van der Waals surface area contributed by atoms with Crippen LogP contribution in [0.1, 0.15) is 23.9 Å². The molecule has 0 aliphatic carbocycles. The molecule has 22 heavy (non-hydrogen) atoms. The second-order valence-corrected chi connectivity index (χ2v) is 4.70. The Morgan fingerprint density at radius 3 is 2.32 bits per heavy atom. The van der Waals surface area contributed by atoms with Crippen LogP contribution in [0.2, 0.25) is 0 Å². The first-order valence-electron chi connectivity index (χ1n) is 7.24. The van der Waals surface area contributed by atoms with Crippen molar-refractivity contribution in [1.29, 1.82) is 0 Å². The maximum absolute atomic E-state index is 4.53. The van der Waals surface area contributed by atoms with Crippen LogP contribution in [0.15, 0.2) is 67.3 Å². The van der Waals surface area contributed by atoms with Crippen molar-refractivity contribution in [3.05, 3.63) is 79.2 Å². The molecule has 0 amide bonds. The zero-order chi connectivity index (χ0) is 16.5. The van der Waals surface area contributed by atoms with Crippen molar-refractivity contribution in [3.8, 4) is 0 Å². The quantitative estimate of drug-likeness (QED) is 0.446. The van der Waals surface area contributed by atoms with Crippen LogP contribution in [0.5, 0.6) is 0 Å². The van der Waals surface area contributed by atoms with Crippen molar-refractivity contribution >= 4 is 23.7 Å². The van der Waals surface area contributed by atoms with Gasteiger partial charge in [0.2, 0.25) is 0 Å². The second-order valence-electron chi connectivity index (χ2n) is 4.70. The fourth-order valence-corrected chi connectivity index (χ4v) is 2.38. The lowest BCUT2D eigenvalue weighted by atomic mass is 10.2. The zero-order valence-corrected chi connectivity index (χ0v) is 13.7. The third-order valence-corrected chi connectivity index (χ3v) is 3.25. The minimum Gasteiger partial charge on any atom is -0.316 e. The molecular formula is C20H24N2. The number of hydrogen-bond donors (Lipinski definition) is 0. The van der Waals surface area contributed by atoms with E-state index in [0.29, 0.717) is 0 Å². The van der Waals surface area contributed by atoms with Gasteiger partial charge in [0.05, 0.1) is 5.69 Å². The van der Waals surface area contributed by atoms with Crippen LogP contribution < -0.4 is 0 Å². The van der Waals surface area contributed by atoms with Gasteiger partial charge >= 0.3 is 0 Å². The first kappa shape index (κ1) is 17.4. The maximum Gasteiger partial charge on any atom is 0.0914 e. The standard InChI is InChI=1S/C20H24N2/c1-7-11-14-19-16(5)22(18(12-8-2)13-9-3)17(6)20(19)21-15-10-4/h7-15H,1-2,4H2,3,5-6H3/b13-9-,14-11-,18-12+,21-15?. The topological polar surface area (TPSA) is 17.3 Å². The zero-order valence-electron chi connectivity index (χ0n) is 13.7.